The van der Waals surface area contributed by atoms with Gasteiger partial charge in [-0.25, -0.2) is 0 Å². The first-order chi connectivity index (χ1) is 9.08. The maximum absolute atomic E-state index is 11.8. The molecule has 0 N–H and O–H groups in total. The number of carbonyl (C=O) groups is 1. The lowest BCUT2D eigenvalue weighted by molar-refractivity contribution is -0.134. The Morgan fingerprint density at radius 2 is 1.95 bits per heavy atom. The van der Waals surface area contributed by atoms with Crippen LogP contribution in [0.1, 0.15) is 26.3 Å². The van der Waals surface area contributed by atoms with E-state index in [4.69, 9.17) is 0 Å². The van der Waals surface area contributed by atoms with Gasteiger partial charge in [0.1, 0.15) is 0 Å². The van der Waals surface area contributed by atoms with Crippen molar-refractivity contribution in [2.45, 2.75) is 39.3 Å². The van der Waals surface area contributed by atoms with Crippen LogP contribution in [0.2, 0.25) is 0 Å². The van der Waals surface area contributed by atoms with Crippen LogP contribution in [0.4, 0.5) is 0 Å². The maximum Gasteiger partial charge on any atom is 0.219 e. The summed E-state index contributed by atoms with van der Waals surface area (Å²) < 4.78 is 0. The van der Waals surface area contributed by atoms with Gasteiger partial charge in [0.15, 0.2) is 0 Å². The second-order valence-electron chi connectivity index (χ2n) is 5.64. The molecule has 1 heterocycles. The average Bonchev–Trinajstić information content (AvgIpc) is 2.39. The van der Waals surface area contributed by atoms with Gasteiger partial charge >= 0.3 is 0 Å². The molecule has 1 fully saturated rings. The summed E-state index contributed by atoms with van der Waals surface area (Å²) in [4.78, 5) is 16.3. The molecule has 2 rings (SSSR count). The first kappa shape index (κ1) is 14.1. The van der Waals surface area contributed by atoms with Crippen molar-refractivity contribution in [3.63, 3.8) is 0 Å². The second kappa shape index (κ2) is 6.20. The Morgan fingerprint density at radius 1 is 1.26 bits per heavy atom. The Kier molecular flexibility index (Phi) is 4.59. The number of hydrogen-bond donors (Lipinski definition) is 0. The van der Waals surface area contributed by atoms with E-state index in [2.05, 4.69) is 43.0 Å². The van der Waals surface area contributed by atoms with Crippen molar-refractivity contribution in [2.75, 3.05) is 19.6 Å². The number of amides is 1. The number of carbonyl (C=O) groups excluding carboxylic acids is 1. The molecule has 3 heteroatoms. The molecule has 3 nitrogen and oxygen atoms in total. The van der Waals surface area contributed by atoms with Crippen LogP contribution in [0.3, 0.4) is 0 Å². The van der Waals surface area contributed by atoms with E-state index in [0.29, 0.717) is 12.1 Å². The van der Waals surface area contributed by atoms with Crippen molar-refractivity contribution in [3.8, 4) is 0 Å². The van der Waals surface area contributed by atoms with Crippen LogP contribution >= 0.6 is 0 Å². The molecule has 1 aliphatic heterocycles. The summed E-state index contributed by atoms with van der Waals surface area (Å²) in [5.41, 5.74) is 1.31. The Hall–Kier alpha value is -1.35. The fourth-order valence-electron chi connectivity index (χ4n) is 2.82. The monoisotopic (exact) mass is 260 g/mol. The molecule has 0 unspecified atom stereocenters. The normalized spacial score (nSPS) is 20.8. The maximum atomic E-state index is 11.8. The van der Waals surface area contributed by atoms with E-state index in [0.717, 1.165) is 26.1 Å². The summed E-state index contributed by atoms with van der Waals surface area (Å²) in [7, 11) is 0. The molecule has 0 aromatic heterocycles. The molecule has 0 aliphatic carbocycles. The predicted octanol–water partition coefficient (Wildman–Crippen LogP) is 2.17. The van der Waals surface area contributed by atoms with Crippen LogP contribution in [-0.4, -0.2) is 47.4 Å². The minimum absolute atomic E-state index is 0.198. The standard InChI is InChI=1S/C16H24N2O/c1-13(2)17-9-10-18(14(3)19)16(12-17)11-15-7-5-4-6-8-15/h4-8,13,16H,9-12H2,1-3H3/t16-/m1/s1. The highest BCUT2D eigenvalue weighted by Crippen LogP contribution is 2.17. The quantitative estimate of drug-likeness (QED) is 0.831. The van der Waals surface area contributed by atoms with Crippen LogP contribution < -0.4 is 0 Å². The lowest BCUT2D eigenvalue weighted by Crippen LogP contribution is -2.56. The molecule has 1 amide bonds. The first-order valence-electron chi connectivity index (χ1n) is 7.13. The zero-order valence-corrected chi connectivity index (χ0v) is 12.2. The first-order valence-corrected chi connectivity index (χ1v) is 7.13. The summed E-state index contributed by atoms with van der Waals surface area (Å²) in [6, 6.07) is 11.3. The largest absolute Gasteiger partial charge is 0.337 e. The molecule has 0 radical (unpaired) electrons. The molecule has 1 saturated heterocycles. The molecule has 1 atom stereocenters. The van der Waals surface area contributed by atoms with Crippen molar-refractivity contribution in [1.29, 1.82) is 0 Å². The van der Waals surface area contributed by atoms with Gasteiger partial charge in [0, 0.05) is 38.6 Å². The Bertz CT molecular complexity index is 416. The van der Waals surface area contributed by atoms with Crippen molar-refractivity contribution in [2.24, 2.45) is 0 Å². The van der Waals surface area contributed by atoms with Crippen molar-refractivity contribution >= 4 is 5.91 Å². The minimum atomic E-state index is 0.198. The van der Waals surface area contributed by atoms with Gasteiger partial charge in [-0.15, -0.1) is 0 Å². The zero-order valence-electron chi connectivity index (χ0n) is 12.2. The van der Waals surface area contributed by atoms with Crippen LogP contribution in [0, 0.1) is 0 Å². The summed E-state index contributed by atoms with van der Waals surface area (Å²) >= 11 is 0. The van der Waals surface area contributed by atoms with Crippen LogP contribution in [0.15, 0.2) is 30.3 Å². The lowest BCUT2D eigenvalue weighted by atomic mass is 10.0. The average molecular weight is 260 g/mol. The molecule has 0 spiro atoms. The molecule has 0 saturated carbocycles. The molecule has 1 aromatic rings. The number of benzene rings is 1. The summed E-state index contributed by atoms with van der Waals surface area (Å²) in [6.07, 6.45) is 0.948. The molecule has 0 bridgehead atoms. The smallest absolute Gasteiger partial charge is 0.219 e. The van der Waals surface area contributed by atoms with Gasteiger partial charge in [-0.05, 0) is 25.8 Å². The summed E-state index contributed by atoms with van der Waals surface area (Å²) in [5.74, 6) is 0.198. The minimum Gasteiger partial charge on any atom is -0.337 e. The van der Waals surface area contributed by atoms with E-state index < -0.39 is 0 Å². The van der Waals surface area contributed by atoms with E-state index in [9.17, 15) is 4.79 Å². The highest BCUT2D eigenvalue weighted by Gasteiger charge is 2.29. The number of rotatable bonds is 3. The van der Waals surface area contributed by atoms with E-state index in [-0.39, 0.29) is 5.91 Å². The third kappa shape index (κ3) is 3.57. The fraction of sp³-hybridized carbons (Fsp3) is 0.562. The van der Waals surface area contributed by atoms with E-state index in [1.165, 1.54) is 5.56 Å². The number of piperazine rings is 1. The Morgan fingerprint density at radius 3 is 2.53 bits per heavy atom. The fourth-order valence-corrected chi connectivity index (χ4v) is 2.82. The number of nitrogens with zero attached hydrogens (tertiary/aromatic N) is 2. The van der Waals surface area contributed by atoms with E-state index in [1.807, 2.05) is 11.0 Å². The molecular formula is C16H24N2O. The summed E-state index contributed by atoms with van der Waals surface area (Å²) in [5, 5.41) is 0. The van der Waals surface area contributed by atoms with Gasteiger partial charge in [0.2, 0.25) is 5.91 Å². The molecule has 19 heavy (non-hydrogen) atoms. The highest BCUT2D eigenvalue weighted by atomic mass is 16.2. The molecule has 1 aromatic carbocycles. The highest BCUT2D eigenvalue weighted by molar-refractivity contribution is 5.73. The topological polar surface area (TPSA) is 23.6 Å². The third-order valence-corrected chi connectivity index (χ3v) is 3.96. The van der Waals surface area contributed by atoms with Crippen LogP contribution in [-0.2, 0) is 11.2 Å². The molecular weight excluding hydrogens is 236 g/mol. The molecule has 104 valence electrons. The van der Waals surface area contributed by atoms with Gasteiger partial charge < -0.3 is 4.90 Å². The SMILES string of the molecule is CC(=O)N1CCN(C(C)C)C[C@H]1Cc1ccccc1. The van der Waals surface area contributed by atoms with Crippen LogP contribution in [0.5, 0.6) is 0 Å². The Labute approximate surface area is 116 Å². The third-order valence-electron chi connectivity index (χ3n) is 3.96. The van der Waals surface area contributed by atoms with E-state index in [1.54, 1.807) is 6.92 Å². The zero-order chi connectivity index (χ0) is 13.8. The van der Waals surface area contributed by atoms with Gasteiger partial charge in [-0.3, -0.25) is 9.69 Å². The van der Waals surface area contributed by atoms with E-state index >= 15 is 0 Å². The van der Waals surface area contributed by atoms with Crippen molar-refractivity contribution < 1.29 is 4.79 Å². The Balaban J connectivity index is 2.09. The van der Waals surface area contributed by atoms with Crippen molar-refractivity contribution in [1.82, 2.24) is 9.80 Å². The van der Waals surface area contributed by atoms with Gasteiger partial charge in [-0.2, -0.15) is 0 Å². The number of hydrogen-bond acceptors (Lipinski definition) is 2. The van der Waals surface area contributed by atoms with Crippen LogP contribution in [0.25, 0.3) is 0 Å². The van der Waals surface area contributed by atoms with Gasteiger partial charge in [0.25, 0.3) is 0 Å². The second-order valence-corrected chi connectivity index (χ2v) is 5.64. The molecule has 1 aliphatic rings. The van der Waals surface area contributed by atoms with Gasteiger partial charge in [0.05, 0.1) is 0 Å². The predicted molar refractivity (Wildman–Crippen MR) is 78.0 cm³/mol. The van der Waals surface area contributed by atoms with Gasteiger partial charge in [-0.1, -0.05) is 30.3 Å². The van der Waals surface area contributed by atoms with Crippen molar-refractivity contribution in [3.05, 3.63) is 35.9 Å². The summed E-state index contributed by atoms with van der Waals surface area (Å²) in [6.45, 7) is 8.95. The lowest BCUT2D eigenvalue weighted by Gasteiger charge is -2.43.